The Morgan fingerprint density at radius 2 is 2.06 bits per heavy atom. The summed E-state index contributed by atoms with van der Waals surface area (Å²) in [6, 6.07) is 0.619. The second-order valence-corrected chi connectivity index (χ2v) is 5.24. The molecule has 2 aliphatic heterocycles. The van der Waals surface area contributed by atoms with Crippen molar-refractivity contribution in [2.45, 2.75) is 51.2 Å². The lowest BCUT2D eigenvalue weighted by Gasteiger charge is -2.45. The number of hydrogen-bond donors (Lipinski definition) is 1. The van der Waals surface area contributed by atoms with Crippen molar-refractivity contribution in [3.8, 4) is 0 Å². The van der Waals surface area contributed by atoms with Gasteiger partial charge in [0.25, 0.3) is 0 Å². The lowest BCUT2D eigenvalue weighted by Crippen LogP contribution is -2.48. The molecule has 2 atom stereocenters. The van der Waals surface area contributed by atoms with Gasteiger partial charge >= 0.3 is 0 Å². The fourth-order valence-corrected chi connectivity index (χ4v) is 3.07. The van der Waals surface area contributed by atoms with Crippen molar-refractivity contribution in [3.63, 3.8) is 0 Å². The van der Waals surface area contributed by atoms with Crippen molar-refractivity contribution in [3.05, 3.63) is 0 Å². The van der Waals surface area contributed by atoms with E-state index in [4.69, 9.17) is 9.47 Å². The summed E-state index contributed by atoms with van der Waals surface area (Å²) in [5, 5.41) is 3.55. The van der Waals surface area contributed by atoms with Gasteiger partial charge in [0, 0.05) is 25.9 Å². The molecular weight excluding hydrogens is 202 g/mol. The van der Waals surface area contributed by atoms with Crippen molar-refractivity contribution in [2.24, 2.45) is 5.92 Å². The molecule has 0 aromatic heterocycles. The maximum Gasteiger partial charge on any atom is 0.0729 e. The molecule has 0 bridgehead atoms. The normalized spacial score (nSPS) is 31.5. The number of hydrogen-bond acceptors (Lipinski definition) is 3. The Bertz CT molecular complexity index is 208. The van der Waals surface area contributed by atoms with Gasteiger partial charge in [0.05, 0.1) is 5.60 Å². The first kappa shape index (κ1) is 12.3. The van der Waals surface area contributed by atoms with Gasteiger partial charge in [0.2, 0.25) is 0 Å². The molecule has 2 unspecified atom stereocenters. The Labute approximate surface area is 98.9 Å². The summed E-state index contributed by atoms with van der Waals surface area (Å²) in [6.45, 7) is 8.24. The highest BCUT2D eigenvalue weighted by Gasteiger charge is 2.40. The zero-order valence-corrected chi connectivity index (χ0v) is 10.6. The first-order chi connectivity index (χ1) is 7.76. The first-order valence-electron chi connectivity index (χ1n) is 6.71. The van der Waals surface area contributed by atoms with E-state index in [2.05, 4.69) is 19.2 Å². The van der Waals surface area contributed by atoms with Gasteiger partial charge < -0.3 is 14.8 Å². The van der Waals surface area contributed by atoms with Crippen LogP contribution in [0, 0.1) is 5.92 Å². The zero-order chi connectivity index (χ0) is 11.4. The largest absolute Gasteiger partial charge is 0.381 e. The maximum absolute atomic E-state index is 6.06. The summed E-state index contributed by atoms with van der Waals surface area (Å²) in [7, 11) is 0. The fourth-order valence-electron chi connectivity index (χ4n) is 3.07. The lowest BCUT2D eigenvalue weighted by molar-refractivity contribution is -0.149. The molecule has 3 nitrogen and oxygen atoms in total. The molecule has 1 spiro atoms. The van der Waals surface area contributed by atoms with Gasteiger partial charge in [0.15, 0.2) is 0 Å². The fraction of sp³-hybridized carbons (Fsp3) is 1.00. The highest BCUT2D eigenvalue weighted by molar-refractivity contribution is 4.91. The molecule has 2 saturated heterocycles. The van der Waals surface area contributed by atoms with Crippen LogP contribution < -0.4 is 5.32 Å². The summed E-state index contributed by atoms with van der Waals surface area (Å²) in [4.78, 5) is 0. The predicted octanol–water partition coefficient (Wildman–Crippen LogP) is 1.96. The van der Waals surface area contributed by atoms with E-state index >= 15 is 0 Å². The summed E-state index contributed by atoms with van der Waals surface area (Å²) < 4.78 is 11.5. The monoisotopic (exact) mass is 227 g/mol. The second-order valence-electron chi connectivity index (χ2n) is 5.24. The highest BCUT2D eigenvalue weighted by Crippen LogP contribution is 2.38. The molecule has 0 saturated carbocycles. The zero-order valence-electron chi connectivity index (χ0n) is 10.6. The van der Waals surface area contributed by atoms with E-state index < -0.39 is 0 Å². The molecule has 2 heterocycles. The molecule has 3 heteroatoms. The molecule has 2 aliphatic rings. The van der Waals surface area contributed by atoms with Gasteiger partial charge in [-0.05, 0) is 45.1 Å². The maximum atomic E-state index is 6.06. The summed E-state index contributed by atoms with van der Waals surface area (Å²) in [5.41, 5.74) is 0.144. The van der Waals surface area contributed by atoms with Gasteiger partial charge in [-0.15, -0.1) is 0 Å². The summed E-state index contributed by atoms with van der Waals surface area (Å²) in [5.74, 6) is 0.770. The van der Waals surface area contributed by atoms with Gasteiger partial charge in [0.1, 0.15) is 0 Å². The van der Waals surface area contributed by atoms with Crippen LogP contribution in [-0.2, 0) is 9.47 Å². The van der Waals surface area contributed by atoms with Crippen molar-refractivity contribution in [1.29, 1.82) is 0 Å². The first-order valence-corrected chi connectivity index (χ1v) is 6.71. The molecule has 0 radical (unpaired) electrons. The Kier molecular flexibility index (Phi) is 4.22. The van der Waals surface area contributed by atoms with Gasteiger partial charge in [-0.3, -0.25) is 0 Å². The van der Waals surface area contributed by atoms with Crippen LogP contribution in [0.5, 0.6) is 0 Å². The molecule has 0 aromatic carbocycles. The Morgan fingerprint density at radius 1 is 1.31 bits per heavy atom. The molecule has 0 aliphatic carbocycles. The molecule has 94 valence electrons. The van der Waals surface area contributed by atoms with E-state index in [1.165, 1.54) is 12.8 Å². The average molecular weight is 227 g/mol. The quantitative estimate of drug-likeness (QED) is 0.799. The van der Waals surface area contributed by atoms with Crippen molar-refractivity contribution in [2.75, 3.05) is 26.4 Å². The molecular formula is C13H25NO2. The number of rotatable bonds is 3. The van der Waals surface area contributed by atoms with E-state index in [0.717, 1.165) is 45.1 Å². The van der Waals surface area contributed by atoms with Gasteiger partial charge in [-0.25, -0.2) is 0 Å². The third kappa shape index (κ3) is 2.76. The average Bonchev–Trinajstić information content (AvgIpc) is 2.30. The van der Waals surface area contributed by atoms with E-state index in [-0.39, 0.29) is 5.60 Å². The SMILES string of the molecule is CCNC(C)C1CCOC2(CCOCC2)C1. The molecule has 0 aromatic rings. The highest BCUT2D eigenvalue weighted by atomic mass is 16.5. The van der Waals surface area contributed by atoms with Crippen LogP contribution >= 0.6 is 0 Å². The van der Waals surface area contributed by atoms with E-state index in [9.17, 15) is 0 Å². The minimum Gasteiger partial charge on any atom is -0.381 e. The van der Waals surface area contributed by atoms with Crippen molar-refractivity contribution in [1.82, 2.24) is 5.32 Å². The van der Waals surface area contributed by atoms with Crippen LogP contribution in [-0.4, -0.2) is 38.0 Å². The van der Waals surface area contributed by atoms with Crippen molar-refractivity contribution < 1.29 is 9.47 Å². The molecule has 16 heavy (non-hydrogen) atoms. The van der Waals surface area contributed by atoms with Crippen LogP contribution in [0.15, 0.2) is 0 Å². The van der Waals surface area contributed by atoms with Gasteiger partial charge in [-0.1, -0.05) is 6.92 Å². The van der Waals surface area contributed by atoms with Crippen LogP contribution in [0.4, 0.5) is 0 Å². The Balaban J connectivity index is 1.92. The van der Waals surface area contributed by atoms with Crippen molar-refractivity contribution >= 4 is 0 Å². The second kappa shape index (κ2) is 5.48. The smallest absolute Gasteiger partial charge is 0.0729 e. The summed E-state index contributed by atoms with van der Waals surface area (Å²) >= 11 is 0. The molecule has 2 rings (SSSR count). The Hall–Kier alpha value is -0.120. The summed E-state index contributed by atoms with van der Waals surface area (Å²) in [6.07, 6.45) is 4.59. The Morgan fingerprint density at radius 3 is 2.75 bits per heavy atom. The van der Waals surface area contributed by atoms with E-state index in [1.54, 1.807) is 0 Å². The molecule has 2 fully saturated rings. The van der Waals surface area contributed by atoms with Crippen LogP contribution in [0.3, 0.4) is 0 Å². The minimum absolute atomic E-state index is 0.144. The van der Waals surface area contributed by atoms with Crippen LogP contribution in [0.2, 0.25) is 0 Å². The molecule has 1 N–H and O–H groups in total. The molecule has 0 amide bonds. The van der Waals surface area contributed by atoms with Crippen LogP contribution in [0.1, 0.15) is 39.5 Å². The number of ether oxygens (including phenoxy) is 2. The third-order valence-corrected chi connectivity index (χ3v) is 4.17. The van der Waals surface area contributed by atoms with Crippen LogP contribution in [0.25, 0.3) is 0 Å². The minimum atomic E-state index is 0.144. The third-order valence-electron chi connectivity index (χ3n) is 4.17. The topological polar surface area (TPSA) is 30.5 Å². The standard InChI is InChI=1S/C13H25NO2/c1-3-14-11(2)12-4-7-16-13(10-12)5-8-15-9-6-13/h11-12,14H,3-10H2,1-2H3. The van der Waals surface area contributed by atoms with E-state index in [1.807, 2.05) is 0 Å². The predicted molar refractivity (Wildman–Crippen MR) is 64.6 cm³/mol. The van der Waals surface area contributed by atoms with Gasteiger partial charge in [-0.2, -0.15) is 0 Å². The van der Waals surface area contributed by atoms with E-state index in [0.29, 0.717) is 6.04 Å². The lowest BCUT2D eigenvalue weighted by atomic mass is 9.78. The number of nitrogens with one attached hydrogen (secondary N) is 1.